The molecule has 1 aliphatic rings. The molecule has 0 bridgehead atoms. The Hall–Kier alpha value is -0.950. The van der Waals surface area contributed by atoms with Crippen molar-refractivity contribution in [1.29, 1.82) is 0 Å². The first-order valence-corrected chi connectivity index (χ1v) is 8.85. The first-order chi connectivity index (χ1) is 9.86. The van der Waals surface area contributed by atoms with Crippen LogP contribution in [0.3, 0.4) is 0 Å². The van der Waals surface area contributed by atoms with E-state index in [-0.39, 0.29) is 6.04 Å². The molecule has 1 aromatic carbocycles. The van der Waals surface area contributed by atoms with Gasteiger partial charge >= 0.3 is 0 Å². The summed E-state index contributed by atoms with van der Waals surface area (Å²) in [6.45, 7) is 4.61. The number of nitrogens with zero attached hydrogens (tertiary/aromatic N) is 1. The Bertz CT molecular complexity index is 597. The summed E-state index contributed by atoms with van der Waals surface area (Å²) < 4.78 is 27.6. The van der Waals surface area contributed by atoms with Crippen molar-refractivity contribution in [1.82, 2.24) is 9.62 Å². The second kappa shape index (κ2) is 6.44. The fourth-order valence-corrected chi connectivity index (χ4v) is 3.87. The van der Waals surface area contributed by atoms with Gasteiger partial charge in [-0.25, -0.2) is 13.1 Å². The molecule has 0 amide bonds. The normalized spacial score (nSPS) is 17.2. The van der Waals surface area contributed by atoms with Gasteiger partial charge in [0.25, 0.3) is 0 Å². The zero-order valence-corrected chi connectivity index (χ0v) is 13.8. The minimum absolute atomic E-state index is 0.185. The van der Waals surface area contributed by atoms with Crippen molar-refractivity contribution in [2.24, 2.45) is 5.73 Å². The lowest BCUT2D eigenvalue weighted by Gasteiger charge is -2.24. The summed E-state index contributed by atoms with van der Waals surface area (Å²) in [5.74, 6) is 0. The number of benzene rings is 1. The molecule has 1 aromatic rings. The molecule has 6 heteroatoms. The van der Waals surface area contributed by atoms with Crippen molar-refractivity contribution in [3.63, 3.8) is 0 Å². The lowest BCUT2D eigenvalue weighted by molar-refractivity contribution is 0.248. The quantitative estimate of drug-likeness (QED) is 0.794. The van der Waals surface area contributed by atoms with Crippen LogP contribution in [0.2, 0.25) is 0 Å². The molecule has 118 valence electrons. The van der Waals surface area contributed by atoms with Crippen molar-refractivity contribution in [2.75, 3.05) is 13.6 Å². The van der Waals surface area contributed by atoms with Gasteiger partial charge in [-0.1, -0.05) is 12.1 Å². The maximum Gasteiger partial charge on any atom is 0.240 e. The third kappa shape index (κ3) is 3.83. The first-order valence-electron chi connectivity index (χ1n) is 7.37. The lowest BCUT2D eigenvalue weighted by Crippen LogP contribution is -2.41. The highest BCUT2D eigenvalue weighted by atomic mass is 32.2. The van der Waals surface area contributed by atoms with Gasteiger partial charge in [-0.05, 0) is 50.9 Å². The van der Waals surface area contributed by atoms with E-state index in [2.05, 4.69) is 16.7 Å². The summed E-state index contributed by atoms with van der Waals surface area (Å²) >= 11 is 0. The Morgan fingerprint density at radius 3 is 2.67 bits per heavy atom. The number of hydrogen-bond donors (Lipinski definition) is 2. The Morgan fingerprint density at radius 1 is 1.43 bits per heavy atom. The molecule has 0 aliphatic heterocycles. The van der Waals surface area contributed by atoms with E-state index in [1.165, 1.54) is 12.8 Å². The van der Waals surface area contributed by atoms with Crippen LogP contribution >= 0.6 is 0 Å². The molecule has 1 unspecified atom stereocenters. The number of nitrogens with one attached hydrogen (secondary N) is 1. The summed E-state index contributed by atoms with van der Waals surface area (Å²) in [6.07, 6.45) is 2.43. The fraction of sp³-hybridized carbons (Fsp3) is 0.600. The summed E-state index contributed by atoms with van der Waals surface area (Å²) in [7, 11) is -1.44. The van der Waals surface area contributed by atoms with Crippen molar-refractivity contribution in [3.05, 3.63) is 29.3 Å². The van der Waals surface area contributed by atoms with Gasteiger partial charge in [-0.15, -0.1) is 0 Å². The second-order valence-corrected chi connectivity index (χ2v) is 7.58. The summed E-state index contributed by atoms with van der Waals surface area (Å²) in [5, 5.41) is 0. The largest absolute Gasteiger partial charge is 0.326 e. The second-order valence-electron chi connectivity index (χ2n) is 5.84. The highest BCUT2D eigenvalue weighted by molar-refractivity contribution is 7.89. The van der Waals surface area contributed by atoms with Gasteiger partial charge in [0.15, 0.2) is 0 Å². The Balaban J connectivity index is 2.08. The van der Waals surface area contributed by atoms with E-state index in [9.17, 15) is 8.42 Å². The third-order valence-electron chi connectivity index (χ3n) is 4.29. The van der Waals surface area contributed by atoms with E-state index >= 15 is 0 Å². The number of sulfonamides is 1. The maximum absolute atomic E-state index is 12.5. The fourth-order valence-electron chi connectivity index (χ4n) is 2.47. The van der Waals surface area contributed by atoms with Crippen LogP contribution in [0, 0.1) is 6.92 Å². The van der Waals surface area contributed by atoms with Crippen molar-refractivity contribution in [3.8, 4) is 0 Å². The molecule has 0 aromatic heterocycles. The molecule has 0 spiro atoms. The highest BCUT2D eigenvalue weighted by Crippen LogP contribution is 2.27. The van der Waals surface area contributed by atoms with Gasteiger partial charge < -0.3 is 5.73 Å². The zero-order valence-electron chi connectivity index (χ0n) is 13.0. The Labute approximate surface area is 127 Å². The molecule has 0 saturated heterocycles. The summed E-state index contributed by atoms with van der Waals surface area (Å²) in [5.41, 5.74) is 7.24. The first kappa shape index (κ1) is 16.4. The van der Waals surface area contributed by atoms with Crippen LogP contribution in [-0.2, 0) is 16.6 Å². The van der Waals surface area contributed by atoms with Crippen LogP contribution in [0.1, 0.15) is 30.9 Å². The maximum atomic E-state index is 12.5. The van der Waals surface area contributed by atoms with Gasteiger partial charge in [0.1, 0.15) is 0 Å². The van der Waals surface area contributed by atoms with E-state index in [0.29, 0.717) is 24.0 Å². The van der Waals surface area contributed by atoms with E-state index in [1.54, 1.807) is 19.1 Å². The van der Waals surface area contributed by atoms with Crippen LogP contribution in [0.5, 0.6) is 0 Å². The highest BCUT2D eigenvalue weighted by Gasteiger charge is 2.29. The Kier molecular flexibility index (Phi) is 5.03. The molecule has 1 fully saturated rings. The van der Waals surface area contributed by atoms with Gasteiger partial charge in [0.2, 0.25) is 10.0 Å². The van der Waals surface area contributed by atoms with Crippen molar-refractivity contribution >= 4 is 10.0 Å². The molecule has 1 atom stereocenters. The number of rotatable bonds is 7. The van der Waals surface area contributed by atoms with Crippen LogP contribution < -0.4 is 10.5 Å². The van der Waals surface area contributed by atoms with Crippen molar-refractivity contribution < 1.29 is 8.42 Å². The summed E-state index contributed by atoms with van der Waals surface area (Å²) in [4.78, 5) is 2.57. The van der Waals surface area contributed by atoms with Gasteiger partial charge in [-0.3, -0.25) is 4.90 Å². The average Bonchev–Trinajstić information content (AvgIpc) is 3.28. The van der Waals surface area contributed by atoms with E-state index in [4.69, 9.17) is 5.73 Å². The zero-order chi connectivity index (χ0) is 15.6. The van der Waals surface area contributed by atoms with E-state index in [1.807, 2.05) is 13.0 Å². The third-order valence-corrected chi connectivity index (χ3v) is 5.86. The molecule has 1 aliphatic carbocycles. The predicted molar refractivity (Wildman–Crippen MR) is 84.5 cm³/mol. The topological polar surface area (TPSA) is 75.4 Å². The van der Waals surface area contributed by atoms with E-state index in [0.717, 1.165) is 11.1 Å². The van der Waals surface area contributed by atoms with Crippen molar-refractivity contribution in [2.45, 2.75) is 50.2 Å². The molecule has 3 N–H and O–H groups in total. The van der Waals surface area contributed by atoms with Gasteiger partial charge in [0, 0.05) is 25.2 Å². The SMILES string of the molecule is Cc1c(CN)cccc1S(=O)(=O)NCC(C)N(C)C1CC1. The predicted octanol–water partition coefficient (Wildman–Crippen LogP) is 1.21. The number of hydrogen-bond acceptors (Lipinski definition) is 4. The minimum Gasteiger partial charge on any atom is -0.326 e. The van der Waals surface area contributed by atoms with Crippen LogP contribution in [0.25, 0.3) is 0 Å². The lowest BCUT2D eigenvalue weighted by atomic mass is 10.1. The molecule has 5 nitrogen and oxygen atoms in total. The Morgan fingerprint density at radius 2 is 2.10 bits per heavy atom. The van der Waals surface area contributed by atoms with Crippen LogP contribution in [-0.4, -0.2) is 39.0 Å². The molecular formula is C15H25N3O2S. The van der Waals surface area contributed by atoms with Gasteiger partial charge in [0.05, 0.1) is 4.90 Å². The number of likely N-dealkylation sites (N-methyl/N-ethyl adjacent to an activating group) is 1. The monoisotopic (exact) mass is 311 g/mol. The summed E-state index contributed by atoms with van der Waals surface area (Å²) in [6, 6.07) is 6.03. The molecule has 0 heterocycles. The number of nitrogens with two attached hydrogens (primary N) is 1. The van der Waals surface area contributed by atoms with Gasteiger partial charge in [-0.2, -0.15) is 0 Å². The molecule has 21 heavy (non-hydrogen) atoms. The van der Waals surface area contributed by atoms with E-state index < -0.39 is 10.0 Å². The molecular weight excluding hydrogens is 286 g/mol. The molecule has 1 saturated carbocycles. The minimum atomic E-state index is -3.49. The van der Waals surface area contributed by atoms with Crippen LogP contribution in [0.4, 0.5) is 0 Å². The smallest absolute Gasteiger partial charge is 0.240 e. The standard InChI is InChI=1S/C15H25N3O2S/c1-11(18(3)14-7-8-14)10-17-21(19,20)15-6-4-5-13(9-16)12(15)2/h4-6,11,14,17H,7-10,16H2,1-3H3. The molecule has 0 radical (unpaired) electrons. The average molecular weight is 311 g/mol. The molecule has 2 rings (SSSR count). The van der Waals surface area contributed by atoms with Crippen LogP contribution in [0.15, 0.2) is 23.1 Å².